The van der Waals surface area contributed by atoms with Crippen molar-refractivity contribution in [1.82, 2.24) is 0 Å². The highest BCUT2D eigenvalue weighted by atomic mass is 35.5. The molecule has 20 heavy (non-hydrogen) atoms. The molecule has 0 saturated carbocycles. The molecule has 2 aromatic rings. The third-order valence-corrected chi connectivity index (χ3v) is 4.88. The predicted molar refractivity (Wildman–Crippen MR) is 75.7 cm³/mol. The standard InChI is InChI=1S/C14H11ClO4S/c15-12-6-1-2-7-13(12)20(18,19)9-10-4-3-5-11(8-10)14(16)17/h1-8H,9H2,(H,16,17). The molecule has 2 rings (SSSR count). The van der Waals surface area contributed by atoms with Crippen LogP contribution in [0.1, 0.15) is 15.9 Å². The summed E-state index contributed by atoms with van der Waals surface area (Å²) in [5.41, 5.74) is 0.460. The van der Waals surface area contributed by atoms with Crippen molar-refractivity contribution < 1.29 is 18.3 Å². The molecule has 6 heteroatoms. The summed E-state index contributed by atoms with van der Waals surface area (Å²) in [6.45, 7) is 0. The summed E-state index contributed by atoms with van der Waals surface area (Å²) in [7, 11) is -3.61. The van der Waals surface area contributed by atoms with Crippen LogP contribution in [0.5, 0.6) is 0 Å². The summed E-state index contributed by atoms with van der Waals surface area (Å²) in [4.78, 5) is 10.9. The van der Waals surface area contributed by atoms with E-state index in [2.05, 4.69) is 0 Å². The Morgan fingerprint density at radius 2 is 1.80 bits per heavy atom. The maximum atomic E-state index is 12.3. The van der Waals surface area contributed by atoms with Crippen LogP contribution in [0, 0.1) is 0 Å². The van der Waals surface area contributed by atoms with Crippen LogP contribution in [0.15, 0.2) is 53.4 Å². The van der Waals surface area contributed by atoms with Gasteiger partial charge < -0.3 is 5.11 Å². The first-order chi connectivity index (χ1) is 9.40. The van der Waals surface area contributed by atoms with Crippen molar-refractivity contribution in [3.63, 3.8) is 0 Å². The number of carboxylic acids is 1. The largest absolute Gasteiger partial charge is 0.478 e. The maximum absolute atomic E-state index is 12.3. The van der Waals surface area contributed by atoms with Gasteiger partial charge in [-0.05, 0) is 29.8 Å². The highest BCUT2D eigenvalue weighted by molar-refractivity contribution is 7.90. The number of carbonyl (C=O) groups is 1. The summed E-state index contributed by atoms with van der Waals surface area (Å²) >= 11 is 5.88. The molecular weight excluding hydrogens is 300 g/mol. The predicted octanol–water partition coefficient (Wildman–Crippen LogP) is 3.01. The minimum absolute atomic E-state index is 0.0439. The topological polar surface area (TPSA) is 71.4 Å². The molecule has 2 aromatic carbocycles. The lowest BCUT2D eigenvalue weighted by Crippen LogP contribution is -2.06. The van der Waals surface area contributed by atoms with Crippen molar-refractivity contribution in [2.75, 3.05) is 0 Å². The quantitative estimate of drug-likeness (QED) is 0.942. The number of hydrogen-bond acceptors (Lipinski definition) is 3. The van der Waals surface area contributed by atoms with Crippen LogP contribution in [-0.4, -0.2) is 19.5 Å². The van der Waals surface area contributed by atoms with E-state index in [1.54, 1.807) is 18.2 Å². The van der Waals surface area contributed by atoms with E-state index in [0.717, 1.165) is 0 Å². The molecule has 0 radical (unpaired) electrons. The first-order valence-corrected chi connectivity index (χ1v) is 7.73. The zero-order valence-electron chi connectivity index (χ0n) is 10.3. The highest BCUT2D eigenvalue weighted by Crippen LogP contribution is 2.24. The molecule has 0 aliphatic carbocycles. The van der Waals surface area contributed by atoms with E-state index in [0.29, 0.717) is 5.56 Å². The van der Waals surface area contributed by atoms with Crippen LogP contribution in [0.25, 0.3) is 0 Å². The second kappa shape index (κ2) is 5.64. The molecule has 0 aromatic heterocycles. The minimum atomic E-state index is -3.61. The Kier molecular flexibility index (Phi) is 4.11. The van der Waals surface area contributed by atoms with Crippen LogP contribution < -0.4 is 0 Å². The van der Waals surface area contributed by atoms with Crippen LogP contribution in [0.2, 0.25) is 5.02 Å². The lowest BCUT2D eigenvalue weighted by molar-refractivity contribution is 0.0696. The smallest absolute Gasteiger partial charge is 0.335 e. The molecule has 0 fully saturated rings. The molecule has 1 N–H and O–H groups in total. The second-order valence-electron chi connectivity index (χ2n) is 4.20. The summed E-state index contributed by atoms with van der Waals surface area (Å²) in [6.07, 6.45) is 0. The first kappa shape index (κ1) is 14.6. The van der Waals surface area contributed by atoms with Crippen LogP contribution in [0.4, 0.5) is 0 Å². The second-order valence-corrected chi connectivity index (χ2v) is 6.56. The number of sulfone groups is 1. The van der Waals surface area contributed by atoms with E-state index >= 15 is 0 Å². The van der Waals surface area contributed by atoms with Gasteiger partial charge in [-0.1, -0.05) is 35.9 Å². The number of carboxylic acid groups (broad SMARTS) is 1. The Morgan fingerprint density at radius 3 is 2.45 bits per heavy atom. The Balaban J connectivity index is 2.36. The van der Waals surface area contributed by atoms with Gasteiger partial charge in [-0.25, -0.2) is 13.2 Å². The Hall–Kier alpha value is -1.85. The summed E-state index contributed by atoms with van der Waals surface area (Å²) < 4.78 is 24.5. The van der Waals surface area contributed by atoms with Crippen molar-refractivity contribution in [3.05, 3.63) is 64.7 Å². The molecule has 104 valence electrons. The molecule has 0 heterocycles. The molecular formula is C14H11ClO4S. The molecule has 4 nitrogen and oxygen atoms in total. The van der Waals surface area contributed by atoms with Gasteiger partial charge in [-0.2, -0.15) is 0 Å². The normalized spacial score (nSPS) is 11.2. The number of rotatable bonds is 4. The number of halogens is 1. The van der Waals surface area contributed by atoms with E-state index in [1.165, 1.54) is 30.3 Å². The summed E-state index contributed by atoms with van der Waals surface area (Å²) in [5.74, 6) is -1.39. The van der Waals surface area contributed by atoms with E-state index < -0.39 is 15.8 Å². The monoisotopic (exact) mass is 310 g/mol. The fourth-order valence-electron chi connectivity index (χ4n) is 1.79. The molecule has 0 atom stereocenters. The Morgan fingerprint density at radius 1 is 1.10 bits per heavy atom. The van der Waals surface area contributed by atoms with Crippen LogP contribution in [0.3, 0.4) is 0 Å². The van der Waals surface area contributed by atoms with E-state index in [9.17, 15) is 13.2 Å². The summed E-state index contributed by atoms with van der Waals surface area (Å²) in [5, 5.41) is 9.05. The van der Waals surface area contributed by atoms with Gasteiger partial charge in [0.15, 0.2) is 9.84 Å². The van der Waals surface area contributed by atoms with Crippen molar-refractivity contribution in [2.45, 2.75) is 10.6 Å². The average molecular weight is 311 g/mol. The Bertz CT molecular complexity index is 753. The van der Waals surface area contributed by atoms with Gasteiger partial charge in [0.25, 0.3) is 0 Å². The third-order valence-electron chi connectivity index (χ3n) is 2.70. The molecule has 0 amide bonds. The molecule has 0 bridgehead atoms. The molecule has 0 aliphatic rings. The van der Waals surface area contributed by atoms with Crippen molar-refractivity contribution in [3.8, 4) is 0 Å². The Labute approximate surface area is 121 Å². The molecule has 0 saturated heterocycles. The number of benzene rings is 2. The zero-order valence-corrected chi connectivity index (χ0v) is 11.9. The fourth-order valence-corrected chi connectivity index (χ4v) is 3.70. The third kappa shape index (κ3) is 3.18. The van der Waals surface area contributed by atoms with Crippen molar-refractivity contribution >= 4 is 27.4 Å². The van der Waals surface area contributed by atoms with E-state index in [4.69, 9.17) is 16.7 Å². The van der Waals surface area contributed by atoms with Gasteiger partial charge in [-0.3, -0.25) is 0 Å². The van der Waals surface area contributed by atoms with E-state index in [-0.39, 0.29) is 21.2 Å². The van der Waals surface area contributed by atoms with Crippen LogP contribution in [-0.2, 0) is 15.6 Å². The van der Waals surface area contributed by atoms with Crippen LogP contribution >= 0.6 is 11.6 Å². The molecule has 0 spiro atoms. The van der Waals surface area contributed by atoms with Gasteiger partial charge in [0.05, 0.1) is 21.2 Å². The van der Waals surface area contributed by atoms with Gasteiger partial charge in [0.2, 0.25) is 0 Å². The van der Waals surface area contributed by atoms with Crippen molar-refractivity contribution in [1.29, 1.82) is 0 Å². The first-order valence-electron chi connectivity index (χ1n) is 5.70. The highest BCUT2D eigenvalue weighted by Gasteiger charge is 2.18. The van der Waals surface area contributed by atoms with Gasteiger partial charge in [0, 0.05) is 0 Å². The van der Waals surface area contributed by atoms with Crippen molar-refractivity contribution in [2.24, 2.45) is 0 Å². The van der Waals surface area contributed by atoms with Gasteiger partial charge >= 0.3 is 5.97 Å². The lowest BCUT2D eigenvalue weighted by atomic mass is 10.1. The summed E-state index contributed by atoms with van der Waals surface area (Å²) in [6, 6.07) is 12.0. The minimum Gasteiger partial charge on any atom is -0.478 e. The molecule has 0 aliphatic heterocycles. The molecule has 0 unspecified atom stereocenters. The number of aromatic carboxylic acids is 1. The van der Waals surface area contributed by atoms with Gasteiger partial charge in [0.1, 0.15) is 0 Å². The number of hydrogen-bond donors (Lipinski definition) is 1. The zero-order chi connectivity index (χ0) is 14.8. The van der Waals surface area contributed by atoms with E-state index in [1.807, 2.05) is 0 Å². The lowest BCUT2D eigenvalue weighted by Gasteiger charge is -2.07. The van der Waals surface area contributed by atoms with Gasteiger partial charge in [-0.15, -0.1) is 0 Å². The maximum Gasteiger partial charge on any atom is 0.335 e. The fraction of sp³-hybridized carbons (Fsp3) is 0.0714. The SMILES string of the molecule is O=C(O)c1cccc(CS(=O)(=O)c2ccccc2Cl)c1. The average Bonchev–Trinajstić information content (AvgIpc) is 2.38.